The van der Waals surface area contributed by atoms with Crippen LogP contribution < -0.4 is 10.2 Å². The van der Waals surface area contributed by atoms with E-state index in [0.717, 1.165) is 0 Å². The quantitative estimate of drug-likeness (QED) is 0.311. The first-order valence-corrected chi connectivity index (χ1v) is 9.37. The standard InChI is InChI=1S/C21H19N3O7/c1-13(25)14-3-2-4-16(9-14)22-19(26)12-31-21(28)15-10-20(27)23(11-15)17-5-7-18(8-6-17)24(29)30/h2-9,15H,10-12H2,1H3,(H,22,26)/t15-/m0/s1. The number of benzene rings is 2. The van der Waals surface area contributed by atoms with Crippen molar-refractivity contribution in [1.29, 1.82) is 0 Å². The highest BCUT2D eigenvalue weighted by molar-refractivity contribution is 6.00. The van der Waals surface area contributed by atoms with E-state index >= 15 is 0 Å². The number of nitrogens with zero attached hydrogens (tertiary/aromatic N) is 2. The summed E-state index contributed by atoms with van der Waals surface area (Å²) in [5.74, 6) is -2.49. The van der Waals surface area contributed by atoms with Crippen molar-refractivity contribution in [2.45, 2.75) is 13.3 Å². The van der Waals surface area contributed by atoms with Crippen LogP contribution in [-0.2, 0) is 19.1 Å². The van der Waals surface area contributed by atoms with Crippen LogP contribution in [0, 0.1) is 16.0 Å². The molecule has 2 aromatic carbocycles. The topological polar surface area (TPSA) is 136 Å². The fourth-order valence-corrected chi connectivity index (χ4v) is 3.14. The maximum Gasteiger partial charge on any atom is 0.311 e. The van der Waals surface area contributed by atoms with Crippen LogP contribution in [0.3, 0.4) is 0 Å². The number of anilines is 2. The monoisotopic (exact) mass is 425 g/mol. The first-order valence-electron chi connectivity index (χ1n) is 9.37. The van der Waals surface area contributed by atoms with Crippen molar-refractivity contribution in [3.8, 4) is 0 Å². The first kappa shape index (κ1) is 21.6. The lowest BCUT2D eigenvalue weighted by molar-refractivity contribution is -0.384. The summed E-state index contributed by atoms with van der Waals surface area (Å²) in [6.45, 7) is 0.925. The predicted molar refractivity (Wildman–Crippen MR) is 110 cm³/mol. The molecular formula is C21H19N3O7. The van der Waals surface area contributed by atoms with E-state index in [1.165, 1.54) is 42.2 Å². The Morgan fingerprint density at radius 2 is 1.90 bits per heavy atom. The van der Waals surface area contributed by atoms with Crippen molar-refractivity contribution in [3.63, 3.8) is 0 Å². The van der Waals surface area contributed by atoms with Crippen molar-refractivity contribution in [2.24, 2.45) is 5.92 Å². The predicted octanol–water partition coefficient (Wildman–Crippen LogP) is 2.33. The number of carbonyl (C=O) groups excluding carboxylic acids is 4. The second kappa shape index (κ2) is 9.16. The van der Waals surface area contributed by atoms with Crippen molar-refractivity contribution in [3.05, 3.63) is 64.2 Å². The van der Waals surface area contributed by atoms with Crippen molar-refractivity contribution in [1.82, 2.24) is 0 Å². The Balaban J connectivity index is 1.53. The highest BCUT2D eigenvalue weighted by Crippen LogP contribution is 2.27. The summed E-state index contributed by atoms with van der Waals surface area (Å²) in [7, 11) is 0. The summed E-state index contributed by atoms with van der Waals surface area (Å²) in [5.41, 5.74) is 1.17. The average molecular weight is 425 g/mol. The van der Waals surface area contributed by atoms with Crippen LogP contribution in [0.5, 0.6) is 0 Å². The molecule has 10 nitrogen and oxygen atoms in total. The third kappa shape index (κ3) is 5.30. The van der Waals surface area contributed by atoms with Gasteiger partial charge in [0.25, 0.3) is 11.6 Å². The number of Topliss-reactive ketones (excluding diaryl/α,β-unsaturated/α-hetero) is 1. The molecule has 1 aliphatic heterocycles. The van der Waals surface area contributed by atoms with Gasteiger partial charge < -0.3 is 15.0 Å². The van der Waals surface area contributed by atoms with Crippen LogP contribution >= 0.6 is 0 Å². The molecule has 1 saturated heterocycles. The van der Waals surface area contributed by atoms with Gasteiger partial charge in [-0.05, 0) is 31.2 Å². The van der Waals surface area contributed by atoms with E-state index in [1.807, 2.05) is 0 Å². The Hall–Kier alpha value is -4.08. The van der Waals surface area contributed by atoms with Crippen LogP contribution in [0.25, 0.3) is 0 Å². The maximum absolute atomic E-state index is 12.3. The van der Waals surface area contributed by atoms with Gasteiger partial charge in [-0.2, -0.15) is 0 Å². The lowest BCUT2D eigenvalue weighted by Crippen LogP contribution is -2.28. The van der Waals surface area contributed by atoms with E-state index in [-0.39, 0.29) is 30.3 Å². The van der Waals surface area contributed by atoms with E-state index in [1.54, 1.807) is 18.2 Å². The van der Waals surface area contributed by atoms with Crippen molar-refractivity contribution >= 4 is 40.6 Å². The maximum atomic E-state index is 12.3. The van der Waals surface area contributed by atoms with Gasteiger partial charge in [0.05, 0.1) is 10.8 Å². The van der Waals surface area contributed by atoms with E-state index in [2.05, 4.69) is 5.32 Å². The number of amides is 2. The number of nitro groups is 1. The SMILES string of the molecule is CC(=O)c1cccc(NC(=O)COC(=O)[C@H]2CC(=O)N(c3ccc([N+](=O)[O-])cc3)C2)c1. The number of nitrogens with one attached hydrogen (secondary N) is 1. The number of hydrogen-bond donors (Lipinski definition) is 1. The van der Waals surface area contributed by atoms with Gasteiger partial charge in [0, 0.05) is 42.0 Å². The van der Waals surface area contributed by atoms with Crippen LogP contribution in [0.15, 0.2) is 48.5 Å². The zero-order valence-electron chi connectivity index (χ0n) is 16.6. The summed E-state index contributed by atoms with van der Waals surface area (Å²) in [6.07, 6.45) is -0.0852. The smallest absolute Gasteiger partial charge is 0.311 e. The minimum atomic E-state index is -0.753. The molecule has 31 heavy (non-hydrogen) atoms. The number of esters is 1. The fraction of sp³-hybridized carbons (Fsp3) is 0.238. The molecule has 1 fully saturated rings. The molecule has 3 rings (SSSR count). The summed E-state index contributed by atoms with van der Waals surface area (Å²) in [5, 5.41) is 13.3. The van der Waals surface area contributed by atoms with Crippen LogP contribution in [0.4, 0.5) is 17.1 Å². The molecule has 0 radical (unpaired) electrons. The molecule has 0 unspecified atom stereocenters. The van der Waals surface area contributed by atoms with Crippen molar-refractivity contribution in [2.75, 3.05) is 23.4 Å². The number of hydrogen-bond acceptors (Lipinski definition) is 7. The molecule has 10 heteroatoms. The second-order valence-corrected chi connectivity index (χ2v) is 6.97. The van der Waals surface area contributed by atoms with Crippen molar-refractivity contribution < 1.29 is 28.8 Å². The molecule has 0 saturated carbocycles. The Bertz CT molecular complexity index is 1050. The van der Waals surface area contributed by atoms with Gasteiger partial charge in [-0.1, -0.05) is 12.1 Å². The highest BCUT2D eigenvalue weighted by atomic mass is 16.6. The third-order valence-corrected chi connectivity index (χ3v) is 4.73. The van der Waals surface area contributed by atoms with Gasteiger partial charge in [-0.3, -0.25) is 29.3 Å². The molecule has 0 spiro atoms. The van der Waals surface area contributed by atoms with Crippen LogP contribution in [0.1, 0.15) is 23.7 Å². The van der Waals surface area contributed by atoms with Gasteiger partial charge in [-0.25, -0.2) is 0 Å². The van der Waals surface area contributed by atoms with Gasteiger partial charge in [0.15, 0.2) is 12.4 Å². The zero-order chi connectivity index (χ0) is 22.5. The first-order chi connectivity index (χ1) is 14.7. The third-order valence-electron chi connectivity index (χ3n) is 4.73. The molecule has 0 bridgehead atoms. The number of non-ortho nitro benzene ring substituents is 1. The summed E-state index contributed by atoms with van der Waals surface area (Å²) < 4.78 is 5.03. The molecule has 1 atom stereocenters. The molecule has 0 aliphatic carbocycles. The molecule has 1 aliphatic rings. The largest absolute Gasteiger partial charge is 0.455 e. The van der Waals surface area contributed by atoms with Gasteiger partial charge in [-0.15, -0.1) is 0 Å². The minimum Gasteiger partial charge on any atom is -0.455 e. The Labute approximate surface area is 176 Å². The zero-order valence-corrected chi connectivity index (χ0v) is 16.6. The Kier molecular flexibility index (Phi) is 6.39. The summed E-state index contributed by atoms with van der Waals surface area (Å²) >= 11 is 0. The number of carbonyl (C=O) groups is 4. The average Bonchev–Trinajstić information content (AvgIpc) is 3.14. The minimum absolute atomic E-state index is 0.0533. The Morgan fingerprint density at radius 1 is 1.19 bits per heavy atom. The van der Waals surface area contributed by atoms with Gasteiger partial charge >= 0.3 is 5.97 Å². The summed E-state index contributed by atoms with van der Waals surface area (Å²) in [6, 6.07) is 11.8. The number of ether oxygens (including phenoxy) is 1. The summed E-state index contributed by atoms with van der Waals surface area (Å²) in [4.78, 5) is 59.5. The molecular weight excluding hydrogens is 406 g/mol. The Morgan fingerprint density at radius 3 is 2.55 bits per heavy atom. The molecule has 1 heterocycles. The van der Waals surface area contributed by atoms with Gasteiger partial charge in [0.1, 0.15) is 0 Å². The molecule has 160 valence electrons. The molecule has 2 aromatic rings. The van der Waals surface area contributed by atoms with E-state index < -0.39 is 29.3 Å². The van der Waals surface area contributed by atoms with Crippen LogP contribution in [0.2, 0.25) is 0 Å². The van der Waals surface area contributed by atoms with E-state index in [4.69, 9.17) is 4.74 Å². The van der Waals surface area contributed by atoms with Gasteiger partial charge in [0.2, 0.25) is 5.91 Å². The van der Waals surface area contributed by atoms with Crippen LogP contribution in [-0.4, -0.2) is 41.6 Å². The number of rotatable bonds is 7. The normalized spacial score (nSPS) is 15.5. The molecule has 0 aromatic heterocycles. The second-order valence-electron chi connectivity index (χ2n) is 6.97. The number of nitro benzene ring substituents is 1. The lowest BCUT2D eigenvalue weighted by Gasteiger charge is -2.16. The fourth-order valence-electron chi connectivity index (χ4n) is 3.14. The molecule has 1 N–H and O–H groups in total. The molecule has 2 amide bonds. The number of ketones is 1. The lowest BCUT2D eigenvalue weighted by atomic mass is 10.1. The van der Waals surface area contributed by atoms with E-state index in [0.29, 0.717) is 16.9 Å². The van der Waals surface area contributed by atoms with E-state index in [9.17, 15) is 29.3 Å². The highest BCUT2D eigenvalue weighted by Gasteiger charge is 2.36.